The molecule has 0 aromatic heterocycles. The highest BCUT2D eigenvalue weighted by Crippen LogP contribution is 2.30. The average molecular weight is 555 g/mol. The number of aromatic hydroxyl groups is 1. The van der Waals surface area contributed by atoms with Gasteiger partial charge < -0.3 is 31.1 Å². The van der Waals surface area contributed by atoms with Crippen molar-refractivity contribution >= 4 is 23.8 Å². The molecule has 4 amide bonds. The second kappa shape index (κ2) is 15.5. The van der Waals surface area contributed by atoms with Gasteiger partial charge in [-0.15, -0.1) is 0 Å². The first-order valence-electron chi connectivity index (χ1n) is 13.6. The predicted molar refractivity (Wildman–Crippen MR) is 152 cm³/mol. The number of benzene rings is 2. The molecule has 0 aliphatic heterocycles. The van der Waals surface area contributed by atoms with Gasteiger partial charge in [-0.25, -0.2) is 4.79 Å². The Hall–Kier alpha value is -4.08. The van der Waals surface area contributed by atoms with Crippen molar-refractivity contribution in [2.75, 3.05) is 6.54 Å². The molecule has 0 aliphatic rings. The van der Waals surface area contributed by atoms with Crippen LogP contribution in [0, 0.1) is 0 Å². The molecular weight excluding hydrogens is 512 g/mol. The molecule has 40 heavy (non-hydrogen) atoms. The Morgan fingerprint density at radius 2 is 1.65 bits per heavy atom. The fraction of sp³-hybridized carbons (Fsp3) is 0.467. The van der Waals surface area contributed by atoms with E-state index in [2.05, 4.69) is 10.6 Å². The summed E-state index contributed by atoms with van der Waals surface area (Å²) in [6.45, 7) is 7.47. The summed E-state index contributed by atoms with van der Waals surface area (Å²) in [6, 6.07) is 13.2. The number of phenols is 1. The number of ether oxygens (including phenoxy) is 1. The van der Waals surface area contributed by atoms with Crippen molar-refractivity contribution < 1.29 is 29.0 Å². The van der Waals surface area contributed by atoms with E-state index in [4.69, 9.17) is 10.5 Å². The number of primary amides is 1. The Labute approximate surface area is 236 Å². The lowest BCUT2D eigenvalue weighted by molar-refractivity contribution is -0.143. The number of rotatable bonds is 14. The molecule has 0 heterocycles. The predicted octanol–water partition coefficient (Wildman–Crippen LogP) is 3.93. The molecule has 5 N–H and O–H groups in total. The van der Waals surface area contributed by atoms with Crippen LogP contribution in [0.5, 0.6) is 5.75 Å². The number of nitrogens with zero attached hydrogens (tertiary/aromatic N) is 1. The highest BCUT2D eigenvalue weighted by molar-refractivity contribution is 5.92. The molecule has 2 atom stereocenters. The Kier molecular flexibility index (Phi) is 12.4. The first-order valence-corrected chi connectivity index (χ1v) is 13.6. The maximum absolute atomic E-state index is 14.1. The van der Waals surface area contributed by atoms with E-state index in [1.54, 1.807) is 39.0 Å². The van der Waals surface area contributed by atoms with Crippen molar-refractivity contribution in [1.29, 1.82) is 0 Å². The lowest BCUT2D eigenvalue weighted by Gasteiger charge is -2.34. The van der Waals surface area contributed by atoms with Crippen molar-refractivity contribution in [2.24, 2.45) is 5.73 Å². The van der Waals surface area contributed by atoms with Crippen LogP contribution in [0.1, 0.15) is 77.0 Å². The van der Waals surface area contributed by atoms with Crippen LogP contribution in [-0.4, -0.2) is 52.0 Å². The first kappa shape index (κ1) is 32.1. The molecule has 0 saturated carbocycles. The van der Waals surface area contributed by atoms with Crippen molar-refractivity contribution in [3.63, 3.8) is 0 Å². The Morgan fingerprint density at radius 3 is 2.25 bits per heavy atom. The highest BCUT2D eigenvalue weighted by atomic mass is 16.6. The molecular formula is C30H42N4O6. The highest BCUT2D eigenvalue weighted by Gasteiger charge is 2.37. The lowest BCUT2D eigenvalue weighted by Crippen LogP contribution is -2.53. The van der Waals surface area contributed by atoms with E-state index in [0.29, 0.717) is 6.42 Å². The second-order valence-electron chi connectivity index (χ2n) is 10.6. The van der Waals surface area contributed by atoms with Gasteiger partial charge in [0.2, 0.25) is 17.7 Å². The Balaban J connectivity index is 2.49. The van der Waals surface area contributed by atoms with Crippen molar-refractivity contribution in [3.8, 4) is 5.75 Å². The zero-order chi connectivity index (χ0) is 29.7. The van der Waals surface area contributed by atoms with Gasteiger partial charge in [0.1, 0.15) is 23.4 Å². The van der Waals surface area contributed by atoms with Crippen molar-refractivity contribution in [1.82, 2.24) is 15.5 Å². The summed E-state index contributed by atoms with van der Waals surface area (Å²) in [4.78, 5) is 53.5. The summed E-state index contributed by atoms with van der Waals surface area (Å²) in [5.41, 5.74) is 5.64. The smallest absolute Gasteiger partial charge is 0.408 e. The van der Waals surface area contributed by atoms with Crippen molar-refractivity contribution in [3.05, 3.63) is 65.7 Å². The number of alkyl carbamates (subject to hydrolysis) is 1. The van der Waals surface area contributed by atoms with Gasteiger partial charge in [0.05, 0.1) is 0 Å². The van der Waals surface area contributed by atoms with E-state index in [0.717, 1.165) is 18.4 Å². The van der Waals surface area contributed by atoms with Gasteiger partial charge in [-0.1, -0.05) is 68.3 Å². The molecule has 0 aliphatic carbocycles. The number of nitrogens with one attached hydrogen (secondary N) is 2. The average Bonchev–Trinajstić information content (AvgIpc) is 2.89. The van der Waals surface area contributed by atoms with Crippen LogP contribution < -0.4 is 16.4 Å². The molecule has 2 unspecified atom stereocenters. The number of unbranched alkanes of at least 4 members (excludes halogenated alkanes) is 2. The number of hydrogen-bond acceptors (Lipinski definition) is 6. The summed E-state index contributed by atoms with van der Waals surface area (Å²) in [5.74, 6) is -1.88. The maximum atomic E-state index is 14.1. The molecule has 2 aromatic rings. The zero-order valence-electron chi connectivity index (χ0n) is 23.8. The molecule has 0 fully saturated rings. The van der Waals surface area contributed by atoms with Crippen LogP contribution in [-0.2, 0) is 25.7 Å². The van der Waals surface area contributed by atoms with Gasteiger partial charge in [0.15, 0.2) is 0 Å². The third-order valence-corrected chi connectivity index (χ3v) is 6.06. The number of amides is 4. The van der Waals surface area contributed by atoms with Gasteiger partial charge in [-0.05, 0) is 45.2 Å². The van der Waals surface area contributed by atoms with Gasteiger partial charge in [-0.3, -0.25) is 14.4 Å². The van der Waals surface area contributed by atoms with Crippen LogP contribution in [0.2, 0.25) is 0 Å². The summed E-state index contributed by atoms with van der Waals surface area (Å²) in [7, 11) is 0. The molecule has 2 rings (SSSR count). The van der Waals surface area contributed by atoms with E-state index in [1.165, 1.54) is 11.0 Å². The Morgan fingerprint density at radius 1 is 1.00 bits per heavy atom. The number of carbonyl (C=O) groups excluding carboxylic acids is 4. The van der Waals surface area contributed by atoms with E-state index >= 15 is 0 Å². The van der Waals surface area contributed by atoms with Gasteiger partial charge in [0, 0.05) is 25.1 Å². The quantitative estimate of drug-likeness (QED) is 0.260. The molecule has 0 radical (unpaired) electrons. The van der Waals surface area contributed by atoms with E-state index in [9.17, 15) is 24.3 Å². The standard InChI is InChI=1S/C30H42N4O6/c1-5-6-12-19-34(28(38)23(17-18-25(31)36)33-29(39)40-30(2,3)4)26(22-15-10-11-16-24(22)35)27(37)32-20-21-13-8-7-9-14-21/h7-11,13-16,23,26,35H,5-6,12,17-20H2,1-4H3,(H2,31,36)(H,32,37)(H,33,39). The summed E-state index contributed by atoms with van der Waals surface area (Å²) in [6.07, 6.45) is 1.14. The van der Waals surface area contributed by atoms with Crippen LogP contribution in [0.3, 0.4) is 0 Å². The van der Waals surface area contributed by atoms with E-state index < -0.39 is 41.5 Å². The van der Waals surface area contributed by atoms with Crippen LogP contribution in [0.4, 0.5) is 4.79 Å². The van der Waals surface area contributed by atoms with Gasteiger partial charge >= 0.3 is 6.09 Å². The summed E-state index contributed by atoms with van der Waals surface area (Å²) >= 11 is 0. The zero-order valence-corrected chi connectivity index (χ0v) is 23.8. The third-order valence-electron chi connectivity index (χ3n) is 6.06. The minimum absolute atomic E-state index is 0.0865. The number of carbonyl (C=O) groups is 4. The third kappa shape index (κ3) is 10.6. The SMILES string of the molecule is CCCCCN(C(=O)C(CCC(N)=O)NC(=O)OC(C)(C)C)C(C(=O)NCc1ccccc1)c1ccccc1O. The van der Waals surface area contributed by atoms with Crippen molar-refractivity contribution in [2.45, 2.75) is 84.0 Å². The molecule has 0 spiro atoms. The minimum atomic E-state index is -1.20. The number of phenolic OH excluding ortho intramolecular Hbond substituents is 1. The fourth-order valence-electron chi connectivity index (χ4n) is 4.14. The molecule has 0 bridgehead atoms. The molecule has 10 heteroatoms. The molecule has 0 saturated heterocycles. The normalized spacial score (nSPS) is 12.6. The van der Waals surface area contributed by atoms with Gasteiger partial charge in [0.25, 0.3) is 0 Å². The monoisotopic (exact) mass is 554 g/mol. The summed E-state index contributed by atoms with van der Waals surface area (Å²) in [5, 5.41) is 16.2. The second-order valence-corrected chi connectivity index (χ2v) is 10.6. The maximum Gasteiger partial charge on any atom is 0.408 e. The molecule has 218 valence electrons. The van der Waals surface area contributed by atoms with Crippen LogP contribution >= 0.6 is 0 Å². The lowest BCUT2D eigenvalue weighted by atomic mass is 10.00. The number of nitrogens with two attached hydrogens (primary N) is 1. The minimum Gasteiger partial charge on any atom is -0.508 e. The van der Waals surface area contributed by atoms with Gasteiger partial charge in [-0.2, -0.15) is 0 Å². The summed E-state index contributed by atoms with van der Waals surface area (Å²) < 4.78 is 5.35. The van der Waals surface area contributed by atoms with E-state index in [-0.39, 0.29) is 37.2 Å². The first-order chi connectivity index (χ1) is 18.9. The molecule has 10 nitrogen and oxygen atoms in total. The fourth-order valence-corrected chi connectivity index (χ4v) is 4.14. The van der Waals surface area contributed by atoms with Crippen LogP contribution in [0.25, 0.3) is 0 Å². The molecule has 2 aromatic carbocycles. The van der Waals surface area contributed by atoms with Crippen LogP contribution in [0.15, 0.2) is 54.6 Å². The topological polar surface area (TPSA) is 151 Å². The number of para-hydroxylation sites is 1. The Bertz CT molecular complexity index is 1130. The number of hydrogen-bond donors (Lipinski definition) is 4. The largest absolute Gasteiger partial charge is 0.508 e. The van der Waals surface area contributed by atoms with E-state index in [1.807, 2.05) is 37.3 Å².